The zero-order valence-electron chi connectivity index (χ0n) is 12.3. The molecule has 22 heavy (non-hydrogen) atoms. The normalized spacial score (nSPS) is 21.9. The monoisotopic (exact) mass is 425 g/mol. The Kier molecular flexibility index (Phi) is 3.98. The van der Waals surface area contributed by atoms with Gasteiger partial charge < -0.3 is 5.32 Å². The number of hydrogen-bond donors (Lipinski definition) is 2. The van der Waals surface area contributed by atoms with Gasteiger partial charge in [-0.15, -0.1) is 11.3 Å². The van der Waals surface area contributed by atoms with Gasteiger partial charge in [0.1, 0.15) is 0 Å². The summed E-state index contributed by atoms with van der Waals surface area (Å²) >= 11 is 3.98. The molecule has 0 bridgehead atoms. The van der Waals surface area contributed by atoms with Gasteiger partial charge in [0, 0.05) is 20.4 Å². The number of nitrogens with one attached hydrogen (secondary N) is 2. The van der Waals surface area contributed by atoms with E-state index in [1.165, 1.54) is 18.9 Å². The van der Waals surface area contributed by atoms with Crippen LogP contribution in [0.3, 0.4) is 0 Å². The van der Waals surface area contributed by atoms with Gasteiger partial charge in [-0.25, -0.2) is 0 Å². The Balaban J connectivity index is 1.93. The van der Waals surface area contributed by atoms with Crippen molar-refractivity contribution >= 4 is 45.8 Å². The van der Waals surface area contributed by atoms with E-state index in [4.69, 9.17) is 5.41 Å². The molecule has 1 aromatic carbocycles. The first-order valence-corrected chi connectivity index (χ1v) is 8.78. The molecule has 0 unspecified atom stereocenters. The van der Waals surface area contributed by atoms with Crippen molar-refractivity contribution in [1.29, 1.82) is 5.41 Å². The van der Waals surface area contributed by atoms with E-state index in [0.29, 0.717) is 6.42 Å². The summed E-state index contributed by atoms with van der Waals surface area (Å²) in [5, 5.41) is 11.1. The molecule has 1 aromatic heterocycles. The zero-order valence-corrected chi connectivity index (χ0v) is 15.3. The van der Waals surface area contributed by atoms with Crippen molar-refractivity contribution in [3.8, 4) is 10.4 Å². The third-order valence-electron chi connectivity index (χ3n) is 3.87. The Hall–Kier alpha value is -1.41. The van der Waals surface area contributed by atoms with Crippen molar-refractivity contribution in [2.45, 2.75) is 18.9 Å². The van der Waals surface area contributed by atoms with Crippen LogP contribution >= 0.6 is 33.9 Å². The summed E-state index contributed by atoms with van der Waals surface area (Å²) in [6.45, 7) is 1.98. The average molecular weight is 425 g/mol. The molecule has 1 atom stereocenters. The maximum Gasteiger partial charge on any atom is 0.231 e. The number of amides is 1. The van der Waals surface area contributed by atoms with E-state index in [0.717, 1.165) is 4.88 Å². The SMILES string of the molecule is CN1C(=N)N[C@](C)(c2ccc(-c3cccc(I)c3)s2)CC1=O. The number of halogens is 1. The largest absolute Gasteiger partial charge is 0.345 e. The number of carbonyl (C=O) groups excluding carboxylic acids is 1. The van der Waals surface area contributed by atoms with Crippen LogP contribution in [0.4, 0.5) is 0 Å². The topological polar surface area (TPSA) is 56.2 Å². The van der Waals surface area contributed by atoms with E-state index in [9.17, 15) is 4.79 Å². The van der Waals surface area contributed by atoms with Crippen molar-refractivity contribution < 1.29 is 4.79 Å². The first-order valence-electron chi connectivity index (χ1n) is 6.88. The van der Waals surface area contributed by atoms with Crippen LogP contribution in [0.5, 0.6) is 0 Å². The average Bonchev–Trinajstić information content (AvgIpc) is 2.95. The minimum absolute atomic E-state index is 0.0320. The van der Waals surface area contributed by atoms with E-state index in [1.54, 1.807) is 18.4 Å². The summed E-state index contributed by atoms with van der Waals surface area (Å²) in [6.07, 6.45) is 0.359. The molecule has 1 aliphatic rings. The minimum Gasteiger partial charge on any atom is -0.345 e. The highest BCUT2D eigenvalue weighted by atomic mass is 127. The fourth-order valence-corrected chi connectivity index (χ4v) is 4.16. The van der Waals surface area contributed by atoms with E-state index >= 15 is 0 Å². The van der Waals surface area contributed by atoms with Crippen LogP contribution in [0.1, 0.15) is 18.2 Å². The van der Waals surface area contributed by atoms with Gasteiger partial charge in [-0.2, -0.15) is 0 Å². The molecular formula is C16H16IN3OS. The lowest BCUT2D eigenvalue weighted by Crippen LogP contribution is -2.57. The van der Waals surface area contributed by atoms with Crippen molar-refractivity contribution in [2.24, 2.45) is 0 Å². The summed E-state index contributed by atoms with van der Waals surface area (Å²) in [5.41, 5.74) is 0.673. The summed E-state index contributed by atoms with van der Waals surface area (Å²) in [6, 6.07) is 12.5. The fourth-order valence-electron chi connectivity index (χ4n) is 2.52. The van der Waals surface area contributed by atoms with Crippen LogP contribution in [-0.4, -0.2) is 23.8 Å². The molecular weight excluding hydrogens is 409 g/mol. The van der Waals surface area contributed by atoms with Crippen LogP contribution < -0.4 is 5.32 Å². The lowest BCUT2D eigenvalue weighted by atomic mass is 9.93. The Morgan fingerprint density at radius 3 is 2.82 bits per heavy atom. The molecule has 0 radical (unpaired) electrons. The number of benzene rings is 1. The molecule has 1 saturated heterocycles. The van der Waals surface area contributed by atoms with Crippen molar-refractivity contribution in [1.82, 2.24) is 10.2 Å². The summed E-state index contributed by atoms with van der Waals surface area (Å²) in [5.74, 6) is 0.124. The maximum absolute atomic E-state index is 12.1. The van der Waals surface area contributed by atoms with E-state index < -0.39 is 5.54 Å². The fraction of sp³-hybridized carbons (Fsp3) is 0.250. The molecule has 114 valence electrons. The number of nitrogens with zero attached hydrogens (tertiary/aromatic N) is 1. The number of carbonyl (C=O) groups is 1. The lowest BCUT2D eigenvalue weighted by Gasteiger charge is -2.38. The predicted octanol–water partition coefficient (Wildman–Crippen LogP) is 3.62. The number of rotatable bonds is 2. The zero-order chi connectivity index (χ0) is 15.9. The number of thiophene rings is 1. The highest BCUT2D eigenvalue weighted by molar-refractivity contribution is 14.1. The molecule has 3 rings (SSSR count). The second kappa shape index (κ2) is 5.66. The number of guanidine groups is 1. The molecule has 1 fully saturated rings. The first-order chi connectivity index (χ1) is 10.4. The quantitative estimate of drug-likeness (QED) is 0.723. The summed E-state index contributed by atoms with van der Waals surface area (Å²) in [4.78, 5) is 15.7. The Labute approximate surface area is 147 Å². The molecule has 4 nitrogen and oxygen atoms in total. The Bertz CT molecular complexity index is 737. The van der Waals surface area contributed by atoms with Gasteiger partial charge in [0.25, 0.3) is 0 Å². The molecule has 2 aromatic rings. The second-order valence-electron chi connectivity index (χ2n) is 5.61. The molecule has 0 spiro atoms. The van der Waals surface area contributed by atoms with Crippen molar-refractivity contribution in [3.63, 3.8) is 0 Å². The van der Waals surface area contributed by atoms with Crippen molar-refractivity contribution in [3.05, 3.63) is 44.8 Å². The van der Waals surface area contributed by atoms with Gasteiger partial charge in [0.05, 0.1) is 12.0 Å². The maximum atomic E-state index is 12.1. The standard InChI is InChI=1S/C16H16IN3OS/c1-16(9-14(21)20(2)15(18)19-16)13-7-6-12(22-13)10-4-3-5-11(17)8-10/h3-8H,9H2,1-2H3,(H2,18,19)/t16-/m0/s1. The van der Waals surface area contributed by atoms with E-state index in [-0.39, 0.29) is 11.9 Å². The summed E-state index contributed by atoms with van der Waals surface area (Å²) in [7, 11) is 1.63. The van der Waals surface area contributed by atoms with Gasteiger partial charge in [0.2, 0.25) is 5.91 Å². The Morgan fingerprint density at radius 2 is 2.14 bits per heavy atom. The van der Waals surface area contributed by atoms with Crippen molar-refractivity contribution in [2.75, 3.05) is 7.05 Å². The molecule has 0 aliphatic carbocycles. The van der Waals surface area contributed by atoms with Crippen LogP contribution in [0.15, 0.2) is 36.4 Å². The third-order valence-corrected chi connectivity index (χ3v) is 5.94. The summed E-state index contributed by atoms with van der Waals surface area (Å²) < 4.78 is 1.20. The van der Waals surface area contributed by atoms with Gasteiger partial charge in [-0.1, -0.05) is 12.1 Å². The van der Waals surface area contributed by atoms with Gasteiger partial charge in [-0.3, -0.25) is 15.1 Å². The van der Waals surface area contributed by atoms with Gasteiger partial charge in [-0.05, 0) is 59.3 Å². The Morgan fingerprint density at radius 1 is 1.36 bits per heavy atom. The highest BCUT2D eigenvalue weighted by Crippen LogP contribution is 2.37. The van der Waals surface area contributed by atoms with Gasteiger partial charge in [0.15, 0.2) is 5.96 Å². The molecule has 2 heterocycles. The molecule has 6 heteroatoms. The smallest absolute Gasteiger partial charge is 0.231 e. The van der Waals surface area contributed by atoms with Gasteiger partial charge >= 0.3 is 0 Å². The highest BCUT2D eigenvalue weighted by Gasteiger charge is 2.38. The third kappa shape index (κ3) is 2.77. The minimum atomic E-state index is -0.508. The predicted molar refractivity (Wildman–Crippen MR) is 98.1 cm³/mol. The van der Waals surface area contributed by atoms with E-state index in [2.05, 4.69) is 58.2 Å². The van der Waals surface area contributed by atoms with Crippen LogP contribution in [-0.2, 0) is 10.3 Å². The van der Waals surface area contributed by atoms with Crippen LogP contribution in [0.2, 0.25) is 0 Å². The molecule has 2 N–H and O–H groups in total. The lowest BCUT2D eigenvalue weighted by molar-refractivity contribution is -0.129. The van der Waals surface area contributed by atoms with Crippen LogP contribution in [0.25, 0.3) is 10.4 Å². The second-order valence-corrected chi connectivity index (χ2v) is 7.94. The van der Waals surface area contributed by atoms with E-state index in [1.807, 2.05) is 13.0 Å². The first kappa shape index (κ1) is 15.5. The number of hydrogen-bond acceptors (Lipinski definition) is 3. The molecule has 1 aliphatic heterocycles. The van der Waals surface area contributed by atoms with Crippen LogP contribution in [0, 0.1) is 8.98 Å². The molecule has 0 saturated carbocycles. The molecule has 1 amide bonds.